The summed E-state index contributed by atoms with van der Waals surface area (Å²) >= 11 is 0. The van der Waals surface area contributed by atoms with Gasteiger partial charge in [-0.3, -0.25) is 4.18 Å². The smallest absolute Gasteiger partial charge is 0.467 e. The molecule has 0 aliphatic carbocycles. The van der Waals surface area contributed by atoms with Crippen molar-refractivity contribution in [3.05, 3.63) is 0 Å². The van der Waals surface area contributed by atoms with Gasteiger partial charge in [0.05, 0.1) is 13.7 Å². The van der Waals surface area contributed by atoms with E-state index in [1.807, 2.05) is 0 Å². The summed E-state index contributed by atoms with van der Waals surface area (Å²) in [4.78, 5) is 12.0. The predicted molar refractivity (Wildman–Crippen MR) is 80.6 cm³/mol. The molecule has 27 heavy (non-hydrogen) atoms. The predicted octanol–water partition coefficient (Wildman–Crippen LogP) is 1.07. The van der Waals surface area contributed by atoms with Crippen LogP contribution in [0.4, 0.5) is 13.2 Å². The maximum atomic E-state index is 12.8. The summed E-state index contributed by atoms with van der Waals surface area (Å²) in [5, 5.41) is 0. The Kier molecular flexibility index (Phi) is 5.88. The van der Waals surface area contributed by atoms with Crippen molar-refractivity contribution in [3.63, 3.8) is 0 Å². The van der Waals surface area contributed by atoms with Crippen LogP contribution in [-0.2, 0) is 42.8 Å². The van der Waals surface area contributed by atoms with Crippen molar-refractivity contribution < 1.29 is 54.3 Å². The van der Waals surface area contributed by atoms with Gasteiger partial charge in [0.25, 0.3) is 0 Å². The third-order valence-electron chi connectivity index (χ3n) is 3.80. The van der Waals surface area contributed by atoms with Crippen molar-refractivity contribution >= 4 is 16.1 Å². The number of rotatable bonds is 5. The quantitative estimate of drug-likeness (QED) is 0.365. The fourth-order valence-electron chi connectivity index (χ4n) is 2.73. The van der Waals surface area contributed by atoms with E-state index >= 15 is 0 Å². The molecule has 13 heteroatoms. The molecule has 0 aromatic rings. The molecule has 0 N–H and O–H groups in total. The van der Waals surface area contributed by atoms with Crippen molar-refractivity contribution in [2.75, 3.05) is 13.7 Å². The highest BCUT2D eigenvalue weighted by molar-refractivity contribution is 7.87. The summed E-state index contributed by atoms with van der Waals surface area (Å²) in [7, 11) is -4.99. The van der Waals surface area contributed by atoms with E-state index in [1.165, 1.54) is 27.7 Å². The third-order valence-corrected chi connectivity index (χ3v) is 4.85. The van der Waals surface area contributed by atoms with Crippen LogP contribution in [0, 0.1) is 0 Å². The van der Waals surface area contributed by atoms with E-state index in [4.69, 9.17) is 18.9 Å². The van der Waals surface area contributed by atoms with Crippen LogP contribution in [-0.4, -0.2) is 69.6 Å². The first-order chi connectivity index (χ1) is 12.1. The SMILES string of the molecule is COC(=O)[C@@H]1OC(C)(C)O[C@H]1[C@@H](OS(=O)(=O)C(F)(F)F)[C@H]1COC(C)(C)O1. The van der Waals surface area contributed by atoms with E-state index in [9.17, 15) is 26.4 Å². The zero-order valence-corrected chi connectivity index (χ0v) is 16.0. The second-order valence-corrected chi connectivity index (χ2v) is 8.44. The molecule has 2 heterocycles. The molecule has 0 bridgehead atoms. The Morgan fingerprint density at radius 2 is 1.70 bits per heavy atom. The average Bonchev–Trinajstić information content (AvgIpc) is 3.02. The maximum Gasteiger partial charge on any atom is 0.523 e. The number of hydrogen-bond donors (Lipinski definition) is 0. The van der Waals surface area contributed by atoms with Gasteiger partial charge in [0.1, 0.15) is 18.3 Å². The summed E-state index contributed by atoms with van der Waals surface area (Å²) in [6.07, 6.45) is -6.27. The van der Waals surface area contributed by atoms with Crippen molar-refractivity contribution in [3.8, 4) is 0 Å². The minimum absolute atomic E-state index is 0.292. The van der Waals surface area contributed by atoms with Gasteiger partial charge in [0.15, 0.2) is 17.7 Å². The molecule has 0 unspecified atom stereocenters. The molecule has 2 saturated heterocycles. The monoisotopic (exact) mass is 422 g/mol. The van der Waals surface area contributed by atoms with Crippen molar-refractivity contribution in [1.29, 1.82) is 0 Å². The Balaban J connectivity index is 2.41. The highest BCUT2D eigenvalue weighted by Gasteiger charge is 2.58. The van der Waals surface area contributed by atoms with Gasteiger partial charge in [-0.15, -0.1) is 0 Å². The number of esters is 1. The Morgan fingerprint density at radius 3 is 2.15 bits per heavy atom. The summed E-state index contributed by atoms with van der Waals surface area (Å²) in [5.74, 6) is -3.59. The Hall–Kier alpha value is -0.990. The molecular weight excluding hydrogens is 401 g/mol. The summed E-state index contributed by atoms with van der Waals surface area (Å²) < 4.78 is 92.2. The number of carbonyl (C=O) groups is 1. The highest BCUT2D eigenvalue weighted by atomic mass is 32.2. The first kappa shape index (κ1) is 22.3. The molecule has 4 atom stereocenters. The number of hydrogen-bond acceptors (Lipinski definition) is 9. The second kappa shape index (κ2) is 7.12. The van der Waals surface area contributed by atoms with Crippen LogP contribution in [0.5, 0.6) is 0 Å². The minimum Gasteiger partial charge on any atom is -0.467 e. The molecule has 0 spiro atoms. The van der Waals surface area contributed by atoms with Crippen LogP contribution in [0.3, 0.4) is 0 Å². The van der Waals surface area contributed by atoms with Crippen LogP contribution in [0.2, 0.25) is 0 Å². The minimum atomic E-state index is -6.03. The van der Waals surface area contributed by atoms with E-state index in [0.29, 0.717) is 0 Å². The molecule has 0 saturated carbocycles. The van der Waals surface area contributed by atoms with E-state index < -0.39 is 57.6 Å². The number of alkyl halides is 3. The molecule has 0 radical (unpaired) electrons. The second-order valence-electron chi connectivity index (χ2n) is 6.87. The number of halogens is 3. The van der Waals surface area contributed by atoms with Crippen molar-refractivity contribution in [1.82, 2.24) is 0 Å². The van der Waals surface area contributed by atoms with Gasteiger partial charge in [-0.1, -0.05) is 0 Å². The van der Waals surface area contributed by atoms with Gasteiger partial charge < -0.3 is 23.7 Å². The average molecular weight is 422 g/mol. The molecule has 2 fully saturated rings. The van der Waals surface area contributed by atoms with Crippen molar-refractivity contribution in [2.45, 2.75) is 69.2 Å². The van der Waals surface area contributed by atoms with Gasteiger partial charge in [0.2, 0.25) is 0 Å². The van der Waals surface area contributed by atoms with E-state index in [-0.39, 0.29) is 6.61 Å². The Labute approximate surface area is 154 Å². The van der Waals surface area contributed by atoms with Gasteiger partial charge >= 0.3 is 21.6 Å². The van der Waals surface area contributed by atoms with Crippen molar-refractivity contribution in [2.24, 2.45) is 0 Å². The largest absolute Gasteiger partial charge is 0.523 e. The number of carbonyl (C=O) groups excluding carboxylic acids is 1. The summed E-state index contributed by atoms with van der Waals surface area (Å²) in [5.41, 5.74) is -5.68. The Bertz CT molecular complexity index is 674. The molecule has 158 valence electrons. The summed E-state index contributed by atoms with van der Waals surface area (Å²) in [6, 6.07) is 0. The number of methoxy groups -OCH3 is 1. The van der Waals surface area contributed by atoms with Gasteiger partial charge in [-0.2, -0.15) is 21.6 Å². The molecule has 2 aliphatic rings. The van der Waals surface area contributed by atoms with Gasteiger partial charge in [0, 0.05) is 0 Å². The topological polar surface area (TPSA) is 107 Å². The lowest BCUT2D eigenvalue weighted by atomic mass is 10.0. The standard InChI is InChI=1S/C14H21F3O9S/c1-12(2)22-6-7(23-12)8(26-27(19,20)14(15,16)17)9-10(11(18)21-5)25-13(3,4)24-9/h7-10H,6H2,1-5H3/t7-,8+,9+,10-/m1/s1. The van der Waals surface area contributed by atoms with E-state index in [2.05, 4.69) is 8.92 Å². The van der Waals surface area contributed by atoms with Crippen LogP contribution < -0.4 is 0 Å². The zero-order chi connectivity index (χ0) is 20.8. The van der Waals surface area contributed by atoms with E-state index in [1.54, 1.807) is 0 Å². The van der Waals surface area contributed by atoms with Crippen LogP contribution >= 0.6 is 0 Å². The zero-order valence-electron chi connectivity index (χ0n) is 15.2. The molecule has 0 amide bonds. The molecule has 9 nitrogen and oxygen atoms in total. The molecule has 2 aliphatic heterocycles. The molecule has 0 aromatic carbocycles. The Morgan fingerprint density at radius 1 is 1.11 bits per heavy atom. The molecular formula is C14H21F3O9S. The van der Waals surface area contributed by atoms with Crippen LogP contribution in [0.15, 0.2) is 0 Å². The number of ether oxygens (including phenoxy) is 5. The maximum absolute atomic E-state index is 12.8. The lowest BCUT2D eigenvalue weighted by Gasteiger charge is -2.29. The first-order valence-corrected chi connectivity index (χ1v) is 9.24. The van der Waals surface area contributed by atoms with Gasteiger partial charge in [-0.05, 0) is 27.7 Å². The lowest BCUT2D eigenvalue weighted by Crippen LogP contribution is -2.51. The fraction of sp³-hybridized carbons (Fsp3) is 0.929. The highest BCUT2D eigenvalue weighted by Crippen LogP contribution is 2.38. The summed E-state index contributed by atoms with van der Waals surface area (Å²) in [6.45, 7) is 5.47. The fourth-order valence-corrected chi connectivity index (χ4v) is 3.37. The van der Waals surface area contributed by atoms with E-state index in [0.717, 1.165) is 7.11 Å². The van der Waals surface area contributed by atoms with Gasteiger partial charge in [-0.25, -0.2) is 4.79 Å². The lowest BCUT2D eigenvalue weighted by molar-refractivity contribution is -0.177. The van der Waals surface area contributed by atoms with Crippen LogP contribution in [0.25, 0.3) is 0 Å². The third kappa shape index (κ3) is 4.90. The normalized spacial score (nSPS) is 31.6. The van der Waals surface area contributed by atoms with Crippen LogP contribution in [0.1, 0.15) is 27.7 Å². The molecule has 2 rings (SSSR count). The molecule has 0 aromatic heterocycles. The first-order valence-electron chi connectivity index (χ1n) is 7.83.